The molecule has 1 saturated carbocycles. The number of carbonyl (C=O) groups is 1. The Labute approximate surface area is 231 Å². The maximum absolute atomic E-state index is 14.8. The Morgan fingerprint density at radius 3 is 2.51 bits per heavy atom. The fourth-order valence-electron chi connectivity index (χ4n) is 3.91. The Morgan fingerprint density at radius 1 is 1.22 bits per heavy atom. The van der Waals surface area contributed by atoms with Gasteiger partial charge in [-0.3, -0.25) is 0 Å². The summed E-state index contributed by atoms with van der Waals surface area (Å²) in [5.74, 6) is -0.456. The van der Waals surface area contributed by atoms with Crippen molar-refractivity contribution in [3.8, 4) is 0 Å². The van der Waals surface area contributed by atoms with Crippen LogP contribution in [0.3, 0.4) is 0 Å². The quantitative estimate of drug-likeness (QED) is 0.124. The van der Waals surface area contributed by atoms with Crippen molar-refractivity contribution in [1.82, 2.24) is 9.62 Å². The topological polar surface area (TPSA) is 119 Å². The summed E-state index contributed by atoms with van der Waals surface area (Å²) in [6.45, 7) is 0.800. The first-order valence-electron chi connectivity index (χ1n) is 11.8. The number of benzene rings is 2. The van der Waals surface area contributed by atoms with Gasteiger partial charge in [0.15, 0.2) is 0 Å². The zero-order valence-corrected chi connectivity index (χ0v) is 24.5. The first kappa shape index (κ1) is 29.6. The molecular formula is C24H32FIN4O5S2. The molecule has 0 heterocycles. The number of hydrogen-bond donors (Lipinski definition) is 3. The number of alkyl halides is 1. The number of anilines is 1. The van der Waals surface area contributed by atoms with Crippen molar-refractivity contribution >= 4 is 33.4 Å². The van der Waals surface area contributed by atoms with Crippen LogP contribution in [0, 0.1) is 8.48 Å². The summed E-state index contributed by atoms with van der Waals surface area (Å²) in [4.78, 5) is 26.8. The van der Waals surface area contributed by atoms with E-state index in [0.29, 0.717) is 27.9 Å². The van der Waals surface area contributed by atoms with E-state index >= 15 is 0 Å². The maximum atomic E-state index is 14.8. The van der Waals surface area contributed by atoms with Crippen LogP contribution < -0.4 is 31.5 Å². The summed E-state index contributed by atoms with van der Waals surface area (Å²) >= 11 is 0.00582. The second kappa shape index (κ2) is 13.2. The van der Waals surface area contributed by atoms with Crippen molar-refractivity contribution in [1.29, 1.82) is 0 Å². The number of sulfonamides is 1. The summed E-state index contributed by atoms with van der Waals surface area (Å²) in [5, 5.41) is 12.8. The van der Waals surface area contributed by atoms with Gasteiger partial charge >= 0.3 is 233 Å². The van der Waals surface area contributed by atoms with Gasteiger partial charge in [-0.25, -0.2) is 0 Å². The molecule has 2 aromatic rings. The van der Waals surface area contributed by atoms with Gasteiger partial charge in [0.25, 0.3) is 0 Å². The second-order valence-corrected chi connectivity index (χ2v) is 14.4. The van der Waals surface area contributed by atoms with Gasteiger partial charge in [-0.2, -0.15) is 0 Å². The number of carbonyl (C=O) groups excluding carboxylic acids is 1. The summed E-state index contributed by atoms with van der Waals surface area (Å²) < 4.78 is 42.5. The van der Waals surface area contributed by atoms with Crippen LogP contribution in [0.25, 0.3) is 0 Å². The van der Waals surface area contributed by atoms with Crippen LogP contribution in [0.15, 0.2) is 58.3 Å². The monoisotopic (exact) mass is 666 g/mol. The molecule has 0 radical (unpaired) electrons. The van der Waals surface area contributed by atoms with Gasteiger partial charge in [-0.15, -0.1) is 0 Å². The molecule has 1 aliphatic rings. The van der Waals surface area contributed by atoms with E-state index in [1.165, 1.54) is 18.2 Å². The van der Waals surface area contributed by atoms with Gasteiger partial charge in [0.1, 0.15) is 0 Å². The molecule has 2 aromatic carbocycles. The van der Waals surface area contributed by atoms with Gasteiger partial charge < -0.3 is 0 Å². The fourth-order valence-corrected chi connectivity index (χ4v) is 7.69. The third kappa shape index (κ3) is 8.79. The Morgan fingerprint density at radius 2 is 1.89 bits per heavy atom. The third-order valence-electron chi connectivity index (χ3n) is 5.92. The van der Waals surface area contributed by atoms with E-state index in [2.05, 4.69) is 10.2 Å². The first-order valence-corrected chi connectivity index (χ1v) is 16.3. The molecule has 3 N–H and O–H groups in total. The van der Waals surface area contributed by atoms with E-state index < -0.39 is 43.1 Å². The number of hydrogen-bond acceptors (Lipinski definition) is 7. The van der Waals surface area contributed by atoms with E-state index in [1.807, 2.05) is 49.1 Å². The van der Waals surface area contributed by atoms with E-state index in [0.717, 1.165) is 17.9 Å². The SMILES string of the molecule is CN(C)CC[C@H](CSc1ccccc1)Nc1ccc(S(=O)(=O)NC(=O)C2(F)CCCC2)cc1[I-][N+](=O)O. The molecule has 13 heteroatoms. The van der Waals surface area contributed by atoms with Gasteiger partial charge in [0, 0.05) is 0 Å². The normalized spacial score (nSPS) is 16.0. The van der Waals surface area contributed by atoms with Crippen molar-refractivity contribution in [3.63, 3.8) is 0 Å². The Hall–Kier alpha value is -1.97. The standard InChI is InChI=1S/C24H32FIN4O5S2/c1-29(2)15-12-18(17-36-19-8-4-3-5-9-19)27-22-11-10-20(16-21(22)26-30(32)33)37(34,35)28-23(31)24(25)13-6-7-14-24/h3-5,8-11,16,18,27H,6-7,12-15,17H2,1-2H3,(H,28,31)(H,32,33)/t18-/m1/s1. The Bertz CT molecular complexity index is 1190. The first-order chi connectivity index (χ1) is 17.5. The average molecular weight is 667 g/mol. The van der Waals surface area contributed by atoms with Gasteiger partial charge in [-0.05, 0) is 0 Å². The van der Waals surface area contributed by atoms with Crippen molar-refractivity contribution in [2.75, 3.05) is 31.7 Å². The van der Waals surface area contributed by atoms with Crippen LogP contribution in [-0.2, 0) is 14.8 Å². The second-order valence-electron chi connectivity index (χ2n) is 9.12. The predicted octanol–water partition coefficient (Wildman–Crippen LogP) is 0.640. The summed E-state index contributed by atoms with van der Waals surface area (Å²) in [6, 6.07) is 14.0. The predicted molar refractivity (Wildman–Crippen MR) is 136 cm³/mol. The molecular weight excluding hydrogens is 634 g/mol. The van der Waals surface area contributed by atoms with Crippen molar-refractivity contribution in [2.24, 2.45) is 0 Å². The fraction of sp³-hybridized carbons (Fsp3) is 0.458. The zero-order chi connectivity index (χ0) is 27.1. The molecule has 37 heavy (non-hydrogen) atoms. The number of nitrogens with zero attached hydrogens (tertiary/aromatic N) is 2. The molecule has 1 amide bonds. The van der Waals surface area contributed by atoms with Gasteiger partial charge in [0.05, 0.1) is 0 Å². The molecule has 1 fully saturated rings. The van der Waals surface area contributed by atoms with Crippen molar-refractivity contribution in [2.45, 2.75) is 53.6 Å². The van der Waals surface area contributed by atoms with Crippen LogP contribution in [0.2, 0.25) is 0 Å². The van der Waals surface area contributed by atoms with Crippen LogP contribution in [-0.4, -0.2) is 65.7 Å². The molecule has 0 bridgehead atoms. The number of rotatable bonds is 13. The summed E-state index contributed by atoms with van der Waals surface area (Å²) in [7, 11) is -0.424. The van der Waals surface area contributed by atoms with Crippen LogP contribution in [0.4, 0.5) is 10.1 Å². The molecule has 0 aliphatic heterocycles. The van der Waals surface area contributed by atoms with Crippen LogP contribution in [0.1, 0.15) is 32.1 Å². The Balaban J connectivity index is 1.82. The number of halogens is 2. The molecule has 0 saturated heterocycles. The molecule has 9 nitrogen and oxygen atoms in total. The zero-order valence-electron chi connectivity index (χ0n) is 20.7. The van der Waals surface area contributed by atoms with Crippen molar-refractivity contribution < 1.29 is 47.4 Å². The minimum atomic E-state index is -4.37. The molecule has 1 atom stereocenters. The van der Waals surface area contributed by atoms with E-state index in [1.54, 1.807) is 11.8 Å². The van der Waals surface area contributed by atoms with E-state index in [4.69, 9.17) is 0 Å². The average Bonchev–Trinajstić information content (AvgIpc) is 3.29. The van der Waals surface area contributed by atoms with E-state index in [-0.39, 0.29) is 26.9 Å². The molecule has 3 rings (SSSR count). The molecule has 204 valence electrons. The summed E-state index contributed by atoms with van der Waals surface area (Å²) in [5.41, 5.74) is -1.67. The Kier molecular flexibility index (Phi) is 10.6. The van der Waals surface area contributed by atoms with Crippen LogP contribution >= 0.6 is 11.8 Å². The summed E-state index contributed by atoms with van der Waals surface area (Å²) in [6.07, 6.45) is 1.79. The third-order valence-corrected chi connectivity index (χ3v) is 10.3. The van der Waals surface area contributed by atoms with Gasteiger partial charge in [0.2, 0.25) is 0 Å². The van der Waals surface area contributed by atoms with E-state index in [9.17, 15) is 27.7 Å². The molecule has 0 unspecified atom stereocenters. The number of nitrogens with one attached hydrogen (secondary N) is 2. The minimum absolute atomic E-state index is 0.0150. The van der Waals surface area contributed by atoms with Gasteiger partial charge in [-0.1, -0.05) is 0 Å². The van der Waals surface area contributed by atoms with Crippen molar-refractivity contribution in [3.05, 3.63) is 57.0 Å². The van der Waals surface area contributed by atoms with Crippen LogP contribution in [0.5, 0.6) is 0 Å². The number of amides is 1. The number of thioether (sulfide) groups is 1. The molecule has 1 aliphatic carbocycles. The molecule has 0 spiro atoms. The molecule has 0 aromatic heterocycles.